The van der Waals surface area contributed by atoms with Crippen LogP contribution in [0.4, 0.5) is 5.69 Å². The Bertz CT molecular complexity index is 284. The number of anilines is 1. The second-order valence-corrected chi connectivity index (χ2v) is 3.25. The van der Waals surface area contributed by atoms with E-state index in [-0.39, 0.29) is 0 Å². The van der Waals surface area contributed by atoms with Gasteiger partial charge in [0.25, 0.3) is 0 Å². The van der Waals surface area contributed by atoms with Crippen LogP contribution in [0, 0.1) is 0 Å². The van der Waals surface area contributed by atoms with Crippen LogP contribution in [0.1, 0.15) is 0 Å². The molecule has 0 aliphatic heterocycles. The number of nitrogens with two attached hydrogens (primary N) is 1. The molecular formula is C9H13N3S. The molecule has 70 valence electrons. The molecule has 1 rings (SSSR count). The van der Waals surface area contributed by atoms with Crippen LogP contribution < -0.4 is 10.7 Å². The first-order chi connectivity index (χ1) is 6.13. The Morgan fingerprint density at radius 2 is 1.77 bits per heavy atom. The minimum absolute atomic E-state index is 0.344. The highest BCUT2D eigenvalue weighted by Gasteiger charge is 2.10. The van der Waals surface area contributed by atoms with E-state index in [9.17, 15) is 0 Å². The van der Waals surface area contributed by atoms with Crippen LogP contribution in [0.3, 0.4) is 0 Å². The lowest BCUT2D eigenvalue weighted by Crippen LogP contribution is -2.45. The number of rotatable bonds is 2. The van der Waals surface area contributed by atoms with E-state index in [0.717, 1.165) is 5.69 Å². The molecule has 0 radical (unpaired) electrons. The lowest BCUT2D eigenvalue weighted by atomic mass is 10.3. The Labute approximate surface area is 83.7 Å². The number of hydrogen-bond donors (Lipinski definition) is 1. The van der Waals surface area contributed by atoms with Gasteiger partial charge < -0.3 is 5.73 Å². The summed E-state index contributed by atoms with van der Waals surface area (Å²) in [6.45, 7) is 0. The molecule has 0 heterocycles. The normalized spacial score (nSPS) is 10.1. The maximum atomic E-state index is 5.59. The van der Waals surface area contributed by atoms with Crippen molar-refractivity contribution in [1.82, 2.24) is 5.01 Å². The van der Waals surface area contributed by atoms with Crippen molar-refractivity contribution in [3.05, 3.63) is 30.3 Å². The molecule has 1 aromatic rings. The van der Waals surface area contributed by atoms with Crippen molar-refractivity contribution in [3.8, 4) is 0 Å². The highest BCUT2D eigenvalue weighted by Crippen LogP contribution is 2.13. The van der Waals surface area contributed by atoms with Crippen LogP contribution in [-0.4, -0.2) is 24.2 Å². The first-order valence-corrected chi connectivity index (χ1v) is 4.35. The largest absolute Gasteiger partial charge is 0.375 e. The Morgan fingerprint density at radius 3 is 2.15 bits per heavy atom. The molecular weight excluding hydrogens is 182 g/mol. The molecule has 13 heavy (non-hydrogen) atoms. The van der Waals surface area contributed by atoms with Crippen molar-refractivity contribution in [2.24, 2.45) is 5.73 Å². The summed E-state index contributed by atoms with van der Waals surface area (Å²) in [6.07, 6.45) is 0. The average Bonchev–Trinajstić information content (AvgIpc) is 2.04. The van der Waals surface area contributed by atoms with Crippen molar-refractivity contribution in [2.75, 3.05) is 19.1 Å². The molecule has 0 bridgehead atoms. The summed E-state index contributed by atoms with van der Waals surface area (Å²) in [5.74, 6) is 0. The van der Waals surface area contributed by atoms with Crippen LogP contribution in [0.25, 0.3) is 0 Å². The first kappa shape index (κ1) is 9.95. The lowest BCUT2D eigenvalue weighted by molar-refractivity contribution is 0.430. The van der Waals surface area contributed by atoms with E-state index in [4.69, 9.17) is 18.0 Å². The Morgan fingerprint density at radius 1 is 1.23 bits per heavy atom. The lowest BCUT2D eigenvalue weighted by Gasteiger charge is -2.28. The molecule has 4 heteroatoms. The van der Waals surface area contributed by atoms with Gasteiger partial charge >= 0.3 is 0 Å². The Hall–Kier alpha value is -1.13. The fourth-order valence-electron chi connectivity index (χ4n) is 1.12. The zero-order chi connectivity index (χ0) is 9.84. The minimum Gasteiger partial charge on any atom is -0.375 e. The summed E-state index contributed by atoms with van der Waals surface area (Å²) < 4.78 is 0. The predicted octanol–water partition coefficient (Wildman–Crippen LogP) is 1.21. The molecule has 0 unspecified atom stereocenters. The zero-order valence-electron chi connectivity index (χ0n) is 7.77. The minimum atomic E-state index is 0.344. The molecule has 0 saturated heterocycles. The third kappa shape index (κ3) is 2.40. The van der Waals surface area contributed by atoms with Gasteiger partial charge in [0.1, 0.15) is 0 Å². The van der Waals surface area contributed by atoms with Gasteiger partial charge in [-0.1, -0.05) is 18.2 Å². The van der Waals surface area contributed by atoms with E-state index in [0.29, 0.717) is 5.11 Å². The van der Waals surface area contributed by atoms with Crippen molar-refractivity contribution < 1.29 is 0 Å². The summed E-state index contributed by atoms with van der Waals surface area (Å²) in [6, 6.07) is 9.77. The van der Waals surface area contributed by atoms with Gasteiger partial charge in [-0.3, -0.25) is 5.01 Å². The summed E-state index contributed by atoms with van der Waals surface area (Å²) in [5.41, 5.74) is 6.56. The standard InChI is InChI=1S/C9H13N3S/c1-11(2)12(9(10)13)8-6-4-3-5-7-8/h3-7H,1-2H3,(H2,10,13). The van der Waals surface area contributed by atoms with E-state index in [1.54, 1.807) is 5.01 Å². The van der Waals surface area contributed by atoms with Crippen molar-refractivity contribution in [3.63, 3.8) is 0 Å². The molecule has 0 fully saturated rings. The van der Waals surface area contributed by atoms with Crippen LogP contribution in [0.2, 0.25) is 0 Å². The molecule has 0 atom stereocenters. The fourth-order valence-corrected chi connectivity index (χ4v) is 1.39. The van der Waals surface area contributed by atoms with Crippen molar-refractivity contribution >= 4 is 23.0 Å². The number of para-hydroxylation sites is 1. The smallest absolute Gasteiger partial charge is 0.185 e. The fraction of sp³-hybridized carbons (Fsp3) is 0.222. The molecule has 0 saturated carbocycles. The molecule has 0 aliphatic rings. The van der Waals surface area contributed by atoms with E-state index in [1.807, 2.05) is 49.4 Å². The van der Waals surface area contributed by atoms with Crippen LogP contribution >= 0.6 is 12.2 Å². The summed E-state index contributed by atoms with van der Waals surface area (Å²) >= 11 is 4.94. The summed E-state index contributed by atoms with van der Waals surface area (Å²) in [4.78, 5) is 0. The van der Waals surface area contributed by atoms with Crippen molar-refractivity contribution in [1.29, 1.82) is 0 Å². The first-order valence-electron chi connectivity index (χ1n) is 3.95. The molecule has 0 aliphatic carbocycles. The van der Waals surface area contributed by atoms with E-state index >= 15 is 0 Å². The highest BCUT2D eigenvalue weighted by molar-refractivity contribution is 7.80. The maximum absolute atomic E-state index is 5.59. The SMILES string of the molecule is CN(C)N(C(N)=S)c1ccccc1. The summed E-state index contributed by atoms with van der Waals surface area (Å²) in [7, 11) is 3.79. The molecule has 0 amide bonds. The van der Waals surface area contributed by atoms with Crippen LogP contribution in [-0.2, 0) is 0 Å². The van der Waals surface area contributed by atoms with Gasteiger partial charge in [0.15, 0.2) is 5.11 Å². The topological polar surface area (TPSA) is 32.5 Å². The van der Waals surface area contributed by atoms with Gasteiger partial charge in [-0.05, 0) is 24.4 Å². The third-order valence-electron chi connectivity index (χ3n) is 1.61. The number of nitrogens with zero attached hydrogens (tertiary/aromatic N) is 2. The Kier molecular flexibility index (Phi) is 3.22. The van der Waals surface area contributed by atoms with E-state index in [2.05, 4.69) is 0 Å². The number of thiocarbonyl (C=S) groups is 1. The number of hydrazine groups is 1. The van der Waals surface area contributed by atoms with Crippen LogP contribution in [0.5, 0.6) is 0 Å². The molecule has 1 aromatic carbocycles. The van der Waals surface area contributed by atoms with E-state index in [1.165, 1.54) is 0 Å². The molecule has 3 nitrogen and oxygen atoms in total. The Balaban J connectivity index is 2.96. The second-order valence-electron chi connectivity index (χ2n) is 2.83. The van der Waals surface area contributed by atoms with E-state index < -0.39 is 0 Å². The van der Waals surface area contributed by atoms with Gasteiger partial charge in [0.05, 0.1) is 5.69 Å². The van der Waals surface area contributed by atoms with Gasteiger partial charge in [-0.15, -0.1) is 0 Å². The third-order valence-corrected chi connectivity index (χ3v) is 1.78. The summed E-state index contributed by atoms with van der Waals surface area (Å²) in [5, 5.41) is 3.95. The maximum Gasteiger partial charge on any atom is 0.185 e. The predicted molar refractivity (Wildman–Crippen MR) is 59.4 cm³/mol. The molecule has 0 aromatic heterocycles. The van der Waals surface area contributed by atoms with Gasteiger partial charge in [0, 0.05) is 14.1 Å². The molecule has 0 spiro atoms. The van der Waals surface area contributed by atoms with Gasteiger partial charge in [0.2, 0.25) is 0 Å². The second kappa shape index (κ2) is 4.20. The van der Waals surface area contributed by atoms with Gasteiger partial charge in [-0.2, -0.15) is 0 Å². The molecule has 2 N–H and O–H groups in total. The average molecular weight is 195 g/mol. The monoisotopic (exact) mass is 195 g/mol. The number of hydrogen-bond acceptors (Lipinski definition) is 2. The quantitative estimate of drug-likeness (QED) is 0.568. The van der Waals surface area contributed by atoms with Crippen LogP contribution in [0.15, 0.2) is 30.3 Å². The number of benzene rings is 1. The zero-order valence-corrected chi connectivity index (χ0v) is 8.58. The van der Waals surface area contributed by atoms with Gasteiger partial charge in [-0.25, -0.2) is 5.01 Å². The highest BCUT2D eigenvalue weighted by atomic mass is 32.1. The van der Waals surface area contributed by atoms with Crippen molar-refractivity contribution in [2.45, 2.75) is 0 Å².